The van der Waals surface area contributed by atoms with Crippen molar-refractivity contribution in [1.29, 1.82) is 0 Å². The predicted molar refractivity (Wildman–Crippen MR) is 97.8 cm³/mol. The first-order valence-corrected chi connectivity index (χ1v) is 9.23. The molecular weight excluding hydrogens is 358 g/mol. The number of thiazole rings is 1. The minimum absolute atomic E-state index is 0.00403. The van der Waals surface area contributed by atoms with E-state index in [1.54, 1.807) is 17.4 Å². The fourth-order valence-electron chi connectivity index (χ4n) is 2.29. The summed E-state index contributed by atoms with van der Waals surface area (Å²) in [6.45, 7) is 0. The van der Waals surface area contributed by atoms with E-state index in [0.29, 0.717) is 22.1 Å². The van der Waals surface area contributed by atoms with Gasteiger partial charge in [-0.25, -0.2) is 9.97 Å². The number of thioether (sulfide) groups is 1. The summed E-state index contributed by atoms with van der Waals surface area (Å²) in [6, 6.07) is 14.4. The lowest BCUT2D eigenvalue weighted by atomic mass is 10.2. The third-order valence-corrected chi connectivity index (χ3v) is 5.28. The van der Waals surface area contributed by atoms with Crippen molar-refractivity contribution in [2.24, 2.45) is 0 Å². The summed E-state index contributed by atoms with van der Waals surface area (Å²) in [5.41, 5.74) is 3.07. The number of benzene rings is 2. The molecule has 4 aromatic rings. The number of non-ortho nitro benzene ring substituents is 1. The number of hydrogen-bond donors (Lipinski definition) is 0. The van der Waals surface area contributed by atoms with Crippen molar-refractivity contribution < 1.29 is 9.34 Å². The molecule has 2 aromatic heterocycles. The Morgan fingerprint density at radius 1 is 1.16 bits per heavy atom. The molecule has 0 saturated heterocycles. The quantitative estimate of drug-likeness (QED) is 0.275. The third kappa shape index (κ3) is 3.40. The van der Waals surface area contributed by atoms with Crippen LogP contribution in [0.4, 0.5) is 5.69 Å². The van der Waals surface area contributed by atoms with Gasteiger partial charge in [-0.3, -0.25) is 10.1 Å². The van der Waals surface area contributed by atoms with Gasteiger partial charge in [-0.05, 0) is 6.07 Å². The molecule has 0 amide bonds. The smallest absolute Gasteiger partial charge is 0.271 e. The summed E-state index contributed by atoms with van der Waals surface area (Å²) in [4.78, 5) is 19.3. The van der Waals surface area contributed by atoms with Gasteiger partial charge in [-0.2, -0.15) is 0 Å². The zero-order chi connectivity index (χ0) is 17.2. The van der Waals surface area contributed by atoms with Crippen molar-refractivity contribution in [3.63, 3.8) is 0 Å². The number of oxazole rings is 1. The Kier molecular flexibility index (Phi) is 4.21. The molecule has 0 radical (unpaired) electrons. The van der Waals surface area contributed by atoms with Crippen molar-refractivity contribution in [3.8, 4) is 10.6 Å². The highest BCUT2D eigenvalue weighted by Gasteiger charge is 2.13. The number of hydrogen-bond acceptors (Lipinski definition) is 7. The molecule has 124 valence electrons. The number of nitro groups is 1. The van der Waals surface area contributed by atoms with Crippen molar-refractivity contribution in [2.75, 3.05) is 0 Å². The molecule has 0 aliphatic rings. The van der Waals surface area contributed by atoms with Crippen LogP contribution in [0.3, 0.4) is 0 Å². The molecule has 4 rings (SSSR count). The maximum Gasteiger partial charge on any atom is 0.271 e. The Hall–Kier alpha value is -2.71. The molecule has 2 aromatic carbocycles. The van der Waals surface area contributed by atoms with Crippen LogP contribution in [0.1, 0.15) is 5.69 Å². The molecule has 0 atom stereocenters. The van der Waals surface area contributed by atoms with Gasteiger partial charge in [0.15, 0.2) is 5.58 Å². The maximum absolute atomic E-state index is 10.8. The summed E-state index contributed by atoms with van der Waals surface area (Å²) >= 11 is 3.02. The average molecular weight is 369 g/mol. The Morgan fingerprint density at radius 3 is 2.80 bits per heavy atom. The highest BCUT2D eigenvalue weighted by molar-refractivity contribution is 7.98. The van der Waals surface area contributed by atoms with Crippen LogP contribution in [-0.4, -0.2) is 14.9 Å². The van der Waals surface area contributed by atoms with Gasteiger partial charge in [0.05, 0.1) is 10.6 Å². The van der Waals surface area contributed by atoms with Crippen molar-refractivity contribution in [3.05, 3.63) is 69.7 Å². The van der Waals surface area contributed by atoms with Gasteiger partial charge in [0.25, 0.3) is 10.9 Å². The maximum atomic E-state index is 10.8. The van der Waals surface area contributed by atoms with E-state index < -0.39 is 4.92 Å². The highest BCUT2D eigenvalue weighted by atomic mass is 32.2. The Morgan fingerprint density at radius 2 is 2.00 bits per heavy atom. The molecule has 0 bridgehead atoms. The first-order valence-electron chi connectivity index (χ1n) is 7.37. The van der Waals surface area contributed by atoms with E-state index in [-0.39, 0.29) is 5.69 Å². The number of nitrogens with zero attached hydrogens (tertiary/aromatic N) is 3. The van der Waals surface area contributed by atoms with Crippen molar-refractivity contribution >= 4 is 39.9 Å². The van der Waals surface area contributed by atoms with E-state index in [0.717, 1.165) is 16.3 Å². The molecule has 0 spiro atoms. The number of rotatable bonds is 5. The summed E-state index contributed by atoms with van der Waals surface area (Å²) in [6.07, 6.45) is 0. The van der Waals surface area contributed by atoms with E-state index in [9.17, 15) is 10.1 Å². The molecule has 0 saturated carbocycles. The molecule has 0 fully saturated rings. The molecule has 0 N–H and O–H groups in total. The van der Waals surface area contributed by atoms with Crippen LogP contribution in [0.15, 0.2) is 63.6 Å². The number of aromatic nitrogens is 2. The zero-order valence-corrected chi connectivity index (χ0v) is 14.4. The standard InChI is InChI=1S/C17H11N3O3S2/c21-20(22)13-6-7-15-14(8-13)19-17(23-15)25-10-12-9-24-16(18-12)11-4-2-1-3-5-11/h1-9H,10H2. The predicted octanol–water partition coefficient (Wildman–Crippen LogP) is 5.15. The second-order valence-electron chi connectivity index (χ2n) is 5.19. The molecule has 25 heavy (non-hydrogen) atoms. The minimum atomic E-state index is -0.443. The van der Waals surface area contributed by atoms with Gasteiger partial charge >= 0.3 is 0 Å². The Labute approximate surface area is 150 Å². The van der Waals surface area contributed by atoms with Crippen LogP contribution < -0.4 is 0 Å². The molecule has 0 aliphatic heterocycles. The molecular formula is C17H11N3O3S2. The summed E-state index contributed by atoms with van der Waals surface area (Å²) in [5, 5.41) is 14.3. The molecule has 0 unspecified atom stereocenters. The van der Waals surface area contributed by atoms with Gasteiger partial charge in [-0.15, -0.1) is 11.3 Å². The zero-order valence-electron chi connectivity index (χ0n) is 12.8. The normalized spacial score (nSPS) is 11.0. The number of fused-ring (bicyclic) bond motifs is 1. The summed E-state index contributed by atoms with van der Waals surface area (Å²) < 4.78 is 5.62. The first-order chi connectivity index (χ1) is 12.2. The second kappa shape index (κ2) is 6.66. The molecule has 6 nitrogen and oxygen atoms in total. The lowest BCUT2D eigenvalue weighted by Crippen LogP contribution is -1.86. The fraction of sp³-hybridized carbons (Fsp3) is 0.0588. The van der Waals surface area contributed by atoms with E-state index in [1.165, 1.54) is 23.9 Å². The van der Waals surface area contributed by atoms with Crippen LogP contribution in [0.2, 0.25) is 0 Å². The van der Waals surface area contributed by atoms with Crippen LogP contribution in [0.5, 0.6) is 0 Å². The van der Waals surface area contributed by atoms with E-state index in [4.69, 9.17) is 4.42 Å². The largest absolute Gasteiger partial charge is 0.431 e. The summed E-state index contributed by atoms with van der Waals surface area (Å²) in [7, 11) is 0. The number of nitro benzene ring substituents is 1. The topological polar surface area (TPSA) is 82.1 Å². The van der Waals surface area contributed by atoms with Crippen LogP contribution in [0, 0.1) is 10.1 Å². The fourth-order valence-corrected chi connectivity index (χ4v) is 3.95. The molecule has 2 heterocycles. The van der Waals surface area contributed by atoms with Crippen LogP contribution in [-0.2, 0) is 5.75 Å². The van der Waals surface area contributed by atoms with E-state index in [2.05, 4.69) is 9.97 Å². The van der Waals surface area contributed by atoms with Gasteiger partial charge in [0, 0.05) is 28.8 Å². The first kappa shape index (κ1) is 15.8. The Balaban J connectivity index is 1.49. The second-order valence-corrected chi connectivity index (χ2v) is 6.97. The van der Waals surface area contributed by atoms with Gasteiger partial charge in [0.1, 0.15) is 10.5 Å². The van der Waals surface area contributed by atoms with Gasteiger partial charge in [-0.1, -0.05) is 42.1 Å². The summed E-state index contributed by atoms with van der Waals surface area (Å²) in [5.74, 6) is 0.623. The van der Waals surface area contributed by atoms with Gasteiger partial charge < -0.3 is 4.42 Å². The van der Waals surface area contributed by atoms with Crippen LogP contribution in [0.25, 0.3) is 21.7 Å². The van der Waals surface area contributed by atoms with Crippen molar-refractivity contribution in [2.45, 2.75) is 11.0 Å². The third-order valence-electron chi connectivity index (χ3n) is 3.48. The van der Waals surface area contributed by atoms with E-state index >= 15 is 0 Å². The van der Waals surface area contributed by atoms with Gasteiger partial charge in [0.2, 0.25) is 0 Å². The van der Waals surface area contributed by atoms with Crippen LogP contribution >= 0.6 is 23.1 Å². The lowest BCUT2D eigenvalue weighted by molar-refractivity contribution is -0.384. The lowest BCUT2D eigenvalue weighted by Gasteiger charge is -1.94. The highest BCUT2D eigenvalue weighted by Crippen LogP contribution is 2.30. The SMILES string of the molecule is O=[N+]([O-])c1ccc2oc(SCc3csc(-c4ccccc4)n3)nc2c1. The Bertz CT molecular complexity index is 1040. The van der Waals surface area contributed by atoms with Crippen molar-refractivity contribution in [1.82, 2.24) is 9.97 Å². The van der Waals surface area contributed by atoms with E-state index in [1.807, 2.05) is 35.7 Å². The molecule has 0 aliphatic carbocycles. The average Bonchev–Trinajstić information content (AvgIpc) is 3.26. The molecule has 8 heteroatoms. The minimum Gasteiger partial charge on any atom is -0.431 e. The monoisotopic (exact) mass is 369 g/mol.